The summed E-state index contributed by atoms with van der Waals surface area (Å²) in [7, 11) is 3.51. The number of esters is 2. The van der Waals surface area contributed by atoms with Crippen molar-refractivity contribution < 1.29 is 48.7 Å². The molecular weight excluding hydrogens is 474 g/mol. The van der Waals surface area contributed by atoms with Gasteiger partial charge in [0.2, 0.25) is 0 Å². The van der Waals surface area contributed by atoms with Crippen LogP contribution < -0.4 is 9.47 Å². The SMILES string of the molecule is COc1ccc2c3c1O[C@H]1C(OC(=O)C(O)CC(=O)OC(C)C(=O)O)=CC[C@@]4(O)[C@@H](C2)N(C)CC[C@]314. The standard InChI is InChI=1S/C25H29NO10/c1-12(22(29)30)34-18(28)11-14(27)23(31)35-16-6-7-25(32)17-10-13-4-5-15(33-3)20-19(13)24(25,21(16)36-20)8-9-26(17)2/h4-6,12,14,17,21,27,32H,7-11H2,1-3H3,(H,29,30)/t12?,14?,17-,21+,24+,25-/m1/s1. The number of likely N-dealkylation sites (tertiary alicyclic amines) is 1. The third-order valence-electron chi connectivity index (χ3n) is 8.06. The Morgan fingerprint density at radius 3 is 2.75 bits per heavy atom. The van der Waals surface area contributed by atoms with E-state index in [-0.39, 0.29) is 18.2 Å². The molecule has 36 heavy (non-hydrogen) atoms. The Kier molecular flexibility index (Phi) is 5.77. The topological polar surface area (TPSA) is 152 Å². The lowest BCUT2D eigenvalue weighted by Gasteiger charge is -2.61. The van der Waals surface area contributed by atoms with Crippen molar-refractivity contribution in [3.63, 3.8) is 0 Å². The summed E-state index contributed by atoms with van der Waals surface area (Å²) in [4.78, 5) is 37.7. The van der Waals surface area contributed by atoms with Crippen molar-refractivity contribution in [2.75, 3.05) is 20.7 Å². The lowest BCUT2D eigenvalue weighted by atomic mass is 9.50. The zero-order valence-corrected chi connectivity index (χ0v) is 20.2. The summed E-state index contributed by atoms with van der Waals surface area (Å²) >= 11 is 0. The molecule has 194 valence electrons. The summed E-state index contributed by atoms with van der Waals surface area (Å²) in [6.07, 6.45) is -1.91. The highest BCUT2D eigenvalue weighted by molar-refractivity contribution is 5.84. The first-order valence-corrected chi connectivity index (χ1v) is 11.8. The van der Waals surface area contributed by atoms with Crippen LogP contribution in [0.3, 0.4) is 0 Å². The number of nitrogens with zero attached hydrogens (tertiary/aromatic N) is 1. The largest absolute Gasteiger partial charge is 0.493 e. The van der Waals surface area contributed by atoms with Gasteiger partial charge in [-0.05, 0) is 51.1 Å². The Labute approximate surface area is 207 Å². The maximum atomic E-state index is 12.7. The van der Waals surface area contributed by atoms with Gasteiger partial charge in [-0.3, -0.25) is 4.79 Å². The highest BCUT2D eigenvalue weighted by Crippen LogP contribution is 2.65. The van der Waals surface area contributed by atoms with E-state index in [1.807, 2.05) is 19.2 Å². The molecule has 4 aliphatic rings. The number of benzene rings is 1. The summed E-state index contributed by atoms with van der Waals surface area (Å²) in [6.45, 7) is 1.86. The maximum Gasteiger partial charge on any atom is 0.344 e. The molecule has 1 aromatic carbocycles. The molecule has 2 unspecified atom stereocenters. The van der Waals surface area contributed by atoms with Gasteiger partial charge in [0.05, 0.1) is 24.5 Å². The fourth-order valence-electron chi connectivity index (χ4n) is 6.31. The zero-order chi connectivity index (χ0) is 26.0. The van der Waals surface area contributed by atoms with Crippen LogP contribution in [-0.4, -0.2) is 88.8 Å². The van der Waals surface area contributed by atoms with Crippen LogP contribution in [0.1, 0.15) is 37.3 Å². The van der Waals surface area contributed by atoms with Gasteiger partial charge in [-0.15, -0.1) is 0 Å². The molecule has 0 amide bonds. The predicted octanol–water partition coefficient (Wildman–Crippen LogP) is 0.283. The van der Waals surface area contributed by atoms with Gasteiger partial charge in [0, 0.05) is 18.0 Å². The quantitative estimate of drug-likeness (QED) is 0.440. The lowest BCUT2D eigenvalue weighted by Crippen LogP contribution is -2.74. The van der Waals surface area contributed by atoms with Gasteiger partial charge in [0.25, 0.3) is 0 Å². The number of aliphatic hydroxyl groups is 2. The number of rotatable bonds is 7. The minimum Gasteiger partial charge on any atom is -0.493 e. The molecule has 11 heteroatoms. The monoisotopic (exact) mass is 503 g/mol. The number of aliphatic carboxylic acids is 1. The minimum atomic E-state index is -1.87. The lowest BCUT2D eigenvalue weighted by molar-refractivity contribution is -0.174. The number of carbonyl (C=O) groups excluding carboxylic acids is 2. The first-order valence-electron chi connectivity index (χ1n) is 11.8. The van der Waals surface area contributed by atoms with Crippen LogP contribution in [0, 0.1) is 0 Å². The number of ether oxygens (including phenoxy) is 4. The zero-order valence-electron chi connectivity index (χ0n) is 20.2. The van der Waals surface area contributed by atoms with Gasteiger partial charge in [-0.2, -0.15) is 0 Å². The Morgan fingerprint density at radius 2 is 2.06 bits per heavy atom. The number of aliphatic hydroxyl groups excluding tert-OH is 1. The van der Waals surface area contributed by atoms with E-state index in [1.165, 1.54) is 7.11 Å². The van der Waals surface area contributed by atoms with E-state index >= 15 is 0 Å². The van der Waals surface area contributed by atoms with E-state index in [2.05, 4.69) is 9.64 Å². The number of methoxy groups -OCH3 is 1. The van der Waals surface area contributed by atoms with Crippen LogP contribution in [0.25, 0.3) is 0 Å². The van der Waals surface area contributed by atoms with Crippen LogP contribution in [0.5, 0.6) is 11.5 Å². The number of carboxylic acids is 1. The third-order valence-corrected chi connectivity index (χ3v) is 8.06. The maximum absolute atomic E-state index is 12.7. The van der Waals surface area contributed by atoms with Crippen LogP contribution >= 0.6 is 0 Å². The Hall–Kier alpha value is -3.15. The van der Waals surface area contributed by atoms with Gasteiger partial charge in [0.1, 0.15) is 5.76 Å². The van der Waals surface area contributed by atoms with Gasteiger partial charge in [-0.1, -0.05) is 6.07 Å². The van der Waals surface area contributed by atoms with E-state index in [0.29, 0.717) is 30.9 Å². The second-order valence-electron chi connectivity index (χ2n) is 9.90. The third kappa shape index (κ3) is 3.33. The van der Waals surface area contributed by atoms with Crippen molar-refractivity contribution in [3.8, 4) is 11.5 Å². The van der Waals surface area contributed by atoms with Gasteiger partial charge in [0.15, 0.2) is 29.8 Å². The Balaban J connectivity index is 1.44. The average Bonchev–Trinajstić information content (AvgIpc) is 3.18. The predicted molar refractivity (Wildman–Crippen MR) is 121 cm³/mol. The fraction of sp³-hybridized carbons (Fsp3) is 0.560. The molecule has 1 spiro atoms. The van der Waals surface area contributed by atoms with Crippen molar-refractivity contribution in [3.05, 3.63) is 35.1 Å². The number of carbonyl (C=O) groups is 3. The van der Waals surface area contributed by atoms with Crippen LogP contribution in [0.2, 0.25) is 0 Å². The average molecular weight is 504 g/mol. The van der Waals surface area contributed by atoms with Crippen LogP contribution in [-0.2, 0) is 35.7 Å². The van der Waals surface area contributed by atoms with Crippen molar-refractivity contribution >= 4 is 17.9 Å². The molecule has 5 rings (SSSR count). The molecule has 1 fully saturated rings. The molecule has 1 saturated heterocycles. The van der Waals surface area contributed by atoms with Crippen molar-refractivity contribution in [2.24, 2.45) is 0 Å². The van der Waals surface area contributed by atoms with E-state index in [4.69, 9.17) is 19.3 Å². The summed E-state index contributed by atoms with van der Waals surface area (Å²) in [6, 6.07) is 3.63. The molecule has 2 bridgehead atoms. The second kappa shape index (κ2) is 8.46. The number of hydrogen-bond acceptors (Lipinski definition) is 10. The molecule has 2 aliphatic carbocycles. The second-order valence-corrected chi connectivity index (χ2v) is 9.90. The first-order chi connectivity index (χ1) is 17.0. The van der Waals surface area contributed by atoms with Crippen molar-refractivity contribution in [1.82, 2.24) is 4.90 Å². The number of carboxylic acid groups (broad SMARTS) is 1. The molecule has 1 aromatic rings. The minimum absolute atomic E-state index is 0.144. The normalized spacial score (nSPS) is 31.3. The first kappa shape index (κ1) is 24.5. The highest BCUT2D eigenvalue weighted by atomic mass is 16.6. The number of likely N-dealkylation sites (N-methyl/N-ethyl adjacent to an activating group) is 1. The molecule has 3 N–H and O–H groups in total. The molecular formula is C25H29NO10. The van der Waals surface area contributed by atoms with Crippen LogP contribution in [0.4, 0.5) is 0 Å². The Morgan fingerprint density at radius 1 is 1.31 bits per heavy atom. The summed E-state index contributed by atoms with van der Waals surface area (Å²) in [5, 5.41) is 31.3. The molecule has 0 saturated carbocycles. The molecule has 2 aliphatic heterocycles. The molecule has 11 nitrogen and oxygen atoms in total. The molecule has 6 atom stereocenters. The molecule has 0 radical (unpaired) electrons. The van der Waals surface area contributed by atoms with Gasteiger partial charge in [-0.25, -0.2) is 9.59 Å². The van der Waals surface area contributed by atoms with Gasteiger partial charge < -0.3 is 39.2 Å². The molecule has 2 heterocycles. The van der Waals surface area contributed by atoms with E-state index in [9.17, 15) is 24.6 Å². The van der Waals surface area contributed by atoms with Crippen LogP contribution in [0.15, 0.2) is 24.0 Å². The fourth-order valence-corrected chi connectivity index (χ4v) is 6.31. The summed E-state index contributed by atoms with van der Waals surface area (Å²) in [5.41, 5.74) is -0.155. The highest BCUT2D eigenvalue weighted by Gasteiger charge is 2.72. The summed E-state index contributed by atoms with van der Waals surface area (Å²) < 4.78 is 22.1. The number of piperidine rings is 1. The smallest absolute Gasteiger partial charge is 0.344 e. The van der Waals surface area contributed by atoms with Gasteiger partial charge >= 0.3 is 17.9 Å². The number of hydrogen-bond donors (Lipinski definition) is 3. The Bertz CT molecular complexity index is 1160. The van der Waals surface area contributed by atoms with E-state index in [0.717, 1.165) is 18.1 Å². The van der Waals surface area contributed by atoms with Crippen molar-refractivity contribution in [1.29, 1.82) is 0 Å². The van der Waals surface area contributed by atoms with Crippen molar-refractivity contribution in [2.45, 2.75) is 68.0 Å². The molecule has 0 aromatic heterocycles. The van der Waals surface area contributed by atoms with E-state index in [1.54, 1.807) is 6.08 Å². The summed E-state index contributed by atoms with van der Waals surface area (Å²) in [5.74, 6) is -2.34. The van der Waals surface area contributed by atoms with E-state index < -0.39 is 53.7 Å².